The van der Waals surface area contributed by atoms with Crippen LogP contribution in [0.4, 0.5) is 4.39 Å². The molecule has 2 aromatic carbocycles. The predicted octanol–water partition coefficient (Wildman–Crippen LogP) is -2.78. The number of halogens is 3. The summed E-state index contributed by atoms with van der Waals surface area (Å²) in [5.74, 6) is -0.186. The molecule has 0 fully saturated rings. The summed E-state index contributed by atoms with van der Waals surface area (Å²) < 4.78 is 12.8. The fourth-order valence-electron chi connectivity index (χ4n) is 1.23. The molecule has 2 rings (SSSR count). The van der Waals surface area contributed by atoms with Crippen molar-refractivity contribution >= 4 is 0 Å². The Kier molecular flexibility index (Phi) is 9.42. The first-order valence-electron chi connectivity index (χ1n) is 3.84. The number of benzene rings is 1. The Hall–Kier alpha value is -0.0499. The van der Waals surface area contributed by atoms with Crippen LogP contribution in [0.3, 0.4) is 0 Å². The minimum absolute atomic E-state index is 0. The number of rotatable bonds is 1. The molecule has 0 aliphatic rings. The average molecular weight is 409 g/mol. The topological polar surface area (TPSA) is 0 Å². The molecule has 4 heteroatoms. The van der Waals surface area contributed by atoms with Crippen molar-refractivity contribution in [2.24, 2.45) is 0 Å². The van der Waals surface area contributed by atoms with Crippen molar-refractivity contribution < 1.29 is 55.0 Å². The summed E-state index contributed by atoms with van der Waals surface area (Å²) in [4.78, 5) is 0. The molecule has 0 saturated heterocycles. The summed E-state index contributed by atoms with van der Waals surface area (Å²) in [5, 5.41) is 0. The van der Waals surface area contributed by atoms with E-state index in [2.05, 4.69) is 0 Å². The largest absolute Gasteiger partial charge is 1.00 e. The molecule has 0 unspecified atom stereocenters. The van der Waals surface area contributed by atoms with Crippen molar-refractivity contribution in [3.63, 3.8) is 0 Å². The zero-order valence-corrected chi connectivity index (χ0v) is 12.9. The van der Waals surface area contributed by atoms with E-state index in [0.717, 1.165) is 11.1 Å². The first kappa shape index (κ1) is 17.3. The van der Waals surface area contributed by atoms with Crippen LogP contribution < -0.4 is 24.8 Å². The van der Waals surface area contributed by atoms with E-state index in [1.807, 2.05) is 30.3 Å². The molecule has 0 amide bonds. The van der Waals surface area contributed by atoms with Crippen molar-refractivity contribution in [1.29, 1.82) is 0 Å². The summed E-state index contributed by atoms with van der Waals surface area (Å²) >= 11 is 0. The molecule has 0 radical (unpaired) electrons. The third kappa shape index (κ3) is 4.54. The van der Waals surface area contributed by atoms with Gasteiger partial charge in [-0.15, -0.1) is 23.8 Å². The van der Waals surface area contributed by atoms with Crippen LogP contribution in [0.5, 0.6) is 0 Å². The molecule has 0 atom stereocenters. The molecule has 0 nitrogen and oxygen atoms in total. The molecule has 0 aromatic heterocycles. The second kappa shape index (κ2) is 8.14. The fraction of sp³-hybridized carbons (Fsp3) is 0. The number of hydrogen-bond acceptors (Lipinski definition) is 0. The van der Waals surface area contributed by atoms with E-state index >= 15 is 0 Å². The van der Waals surface area contributed by atoms with E-state index in [1.165, 1.54) is 12.1 Å². The van der Waals surface area contributed by atoms with Crippen LogP contribution in [-0.4, -0.2) is 0 Å². The quantitative estimate of drug-likeness (QED) is 0.354. The van der Waals surface area contributed by atoms with Gasteiger partial charge >= 0.3 is 0 Å². The van der Waals surface area contributed by atoms with Crippen LogP contribution in [-0.2, 0) is 25.8 Å². The summed E-state index contributed by atoms with van der Waals surface area (Å²) in [6.45, 7) is 0. The third-order valence-corrected chi connectivity index (χ3v) is 1.82. The van der Waals surface area contributed by atoms with E-state index in [4.69, 9.17) is 0 Å². The van der Waals surface area contributed by atoms with Gasteiger partial charge in [-0.1, -0.05) is 17.7 Å². The van der Waals surface area contributed by atoms with Gasteiger partial charge in [0.25, 0.3) is 0 Å². The standard InChI is InChI=1S/C11H8F.2ClH.Hf/c12-11-7-3-6-10(8-11)9-4-1-2-5-9;;;/h1-8H;2*1H;/q-1;;;/p-2. The average Bonchev–Trinajstić information content (AvgIpc) is 2.56. The minimum atomic E-state index is -0.186. The Morgan fingerprint density at radius 3 is 2.07 bits per heavy atom. The Balaban J connectivity index is 0. The molecule has 0 aliphatic heterocycles. The van der Waals surface area contributed by atoms with Gasteiger partial charge in [0.1, 0.15) is 0 Å². The Bertz CT molecular complexity index is 374. The normalized spacial score (nSPS) is 8.07. The van der Waals surface area contributed by atoms with Gasteiger partial charge in [-0.2, -0.15) is 12.1 Å². The van der Waals surface area contributed by atoms with Gasteiger partial charge in [0.05, 0.1) is 5.82 Å². The maximum atomic E-state index is 12.8. The van der Waals surface area contributed by atoms with Crippen LogP contribution in [0.15, 0.2) is 48.5 Å². The van der Waals surface area contributed by atoms with Gasteiger partial charge in [0.2, 0.25) is 0 Å². The Morgan fingerprint density at radius 1 is 0.933 bits per heavy atom. The SMILES string of the molecule is Fc1cccc(-[c-]2cccc2)c1.[Cl-].[Cl-].[Hf]. The molecule has 0 heterocycles. The smallest absolute Gasteiger partial charge is 0.0898 e. The van der Waals surface area contributed by atoms with E-state index in [-0.39, 0.29) is 56.5 Å². The van der Waals surface area contributed by atoms with Gasteiger partial charge in [-0.3, -0.25) is 0 Å². The fourth-order valence-corrected chi connectivity index (χ4v) is 1.23. The zero-order valence-electron chi connectivity index (χ0n) is 7.75. The molecule has 0 saturated carbocycles. The molecule has 15 heavy (non-hydrogen) atoms. The number of hydrogen-bond donors (Lipinski definition) is 0. The molecule has 0 aliphatic carbocycles. The first-order valence-corrected chi connectivity index (χ1v) is 3.84. The Labute approximate surface area is 120 Å². The summed E-state index contributed by atoms with van der Waals surface area (Å²) in [6.07, 6.45) is 0. The molecule has 0 spiro atoms. The maximum Gasteiger partial charge on any atom is 0.0898 e. The second-order valence-corrected chi connectivity index (χ2v) is 2.68. The summed E-state index contributed by atoms with van der Waals surface area (Å²) in [6, 6.07) is 14.4. The van der Waals surface area contributed by atoms with Gasteiger partial charge < -0.3 is 24.8 Å². The third-order valence-electron chi connectivity index (χ3n) is 1.82. The van der Waals surface area contributed by atoms with Crippen LogP contribution >= 0.6 is 0 Å². The molecular weight excluding hydrogens is 401 g/mol. The van der Waals surface area contributed by atoms with Crippen molar-refractivity contribution in [2.45, 2.75) is 0 Å². The second-order valence-electron chi connectivity index (χ2n) is 2.68. The monoisotopic (exact) mass is 409 g/mol. The van der Waals surface area contributed by atoms with Crippen molar-refractivity contribution in [2.75, 3.05) is 0 Å². The van der Waals surface area contributed by atoms with Crippen molar-refractivity contribution in [3.8, 4) is 11.1 Å². The van der Waals surface area contributed by atoms with Gasteiger partial charge in [-0.05, 0) is 6.07 Å². The van der Waals surface area contributed by atoms with E-state index in [0.29, 0.717) is 0 Å². The minimum Gasteiger partial charge on any atom is -1.00 e. The van der Waals surface area contributed by atoms with Crippen LogP contribution in [0.2, 0.25) is 0 Å². The maximum absolute atomic E-state index is 12.8. The van der Waals surface area contributed by atoms with E-state index in [1.54, 1.807) is 6.07 Å². The van der Waals surface area contributed by atoms with Gasteiger partial charge in [0.15, 0.2) is 0 Å². The van der Waals surface area contributed by atoms with Crippen LogP contribution in [0.25, 0.3) is 11.1 Å². The molecule has 0 N–H and O–H groups in total. The van der Waals surface area contributed by atoms with Crippen molar-refractivity contribution in [1.82, 2.24) is 0 Å². The zero-order chi connectivity index (χ0) is 8.39. The van der Waals surface area contributed by atoms with E-state index < -0.39 is 0 Å². The summed E-state index contributed by atoms with van der Waals surface area (Å²) in [5.41, 5.74) is 1.99. The van der Waals surface area contributed by atoms with E-state index in [9.17, 15) is 4.39 Å². The molecule has 80 valence electrons. The predicted molar refractivity (Wildman–Crippen MR) is 47.4 cm³/mol. The van der Waals surface area contributed by atoms with Gasteiger partial charge in [0, 0.05) is 25.8 Å². The molecular formula is C11H8Cl2FHf-3. The van der Waals surface area contributed by atoms with Crippen molar-refractivity contribution in [3.05, 3.63) is 54.3 Å². The molecule has 0 bridgehead atoms. The first-order chi connectivity index (χ1) is 5.86. The Morgan fingerprint density at radius 2 is 1.53 bits per heavy atom. The summed E-state index contributed by atoms with van der Waals surface area (Å²) in [7, 11) is 0. The van der Waals surface area contributed by atoms with Crippen LogP contribution in [0.1, 0.15) is 0 Å². The van der Waals surface area contributed by atoms with Crippen LogP contribution in [0, 0.1) is 5.82 Å². The molecule has 2 aromatic rings. The van der Waals surface area contributed by atoms with Gasteiger partial charge in [-0.25, -0.2) is 4.39 Å².